The highest BCUT2D eigenvalue weighted by atomic mass is 16.2. The largest absolute Gasteiger partial charge is 0.337 e. The molecule has 0 aromatic heterocycles. The van der Waals surface area contributed by atoms with Crippen LogP contribution in [0.4, 0.5) is 0 Å². The van der Waals surface area contributed by atoms with Gasteiger partial charge in [0, 0.05) is 39.1 Å². The van der Waals surface area contributed by atoms with Crippen molar-refractivity contribution in [3.05, 3.63) is 47.0 Å². The van der Waals surface area contributed by atoms with E-state index >= 15 is 0 Å². The number of carbonyl (C=O) groups excluding carboxylic acids is 1. The predicted molar refractivity (Wildman–Crippen MR) is 87.1 cm³/mol. The smallest absolute Gasteiger partial charge is 0.224 e. The summed E-state index contributed by atoms with van der Waals surface area (Å²) in [6, 6.07) is 8.32. The van der Waals surface area contributed by atoms with Crippen molar-refractivity contribution in [3.63, 3.8) is 0 Å². The highest BCUT2D eigenvalue weighted by molar-refractivity contribution is 5.76. The Bertz CT molecular complexity index is 518. The summed E-state index contributed by atoms with van der Waals surface area (Å²) in [4.78, 5) is 16.7. The molecule has 1 saturated heterocycles. The fourth-order valence-electron chi connectivity index (χ4n) is 2.57. The van der Waals surface area contributed by atoms with E-state index in [4.69, 9.17) is 0 Å². The molecule has 1 fully saturated rings. The number of rotatable bonds is 4. The highest BCUT2D eigenvalue weighted by Crippen LogP contribution is 2.13. The van der Waals surface area contributed by atoms with Crippen molar-refractivity contribution >= 4 is 5.91 Å². The number of amides is 1. The topological polar surface area (TPSA) is 23.6 Å². The molecule has 0 radical (unpaired) electrons. The first-order chi connectivity index (χ1) is 10.1. The van der Waals surface area contributed by atoms with Gasteiger partial charge >= 0.3 is 0 Å². The van der Waals surface area contributed by atoms with Gasteiger partial charge in [0.15, 0.2) is 0 Å². The summed E-state index contributed by atoms with van der Waals surface area (Å²) in [6.07, 6.45) is 2.87. The summed E-state index contributed by atoms with van der Waals surface area (Å²) in [7, 11) is 0. The molecule has 3 heteroatoms. The Hall–Kier alpha value is -1.61. The van der Waals surface area contributed by atoms with Gasteiger partial charge in [-0.1, -0.05) is 35.9 Å². The molecule has 2 rings (SSSR count). The van der Waals surface area contributed by atoms with Gasteiger partial charge in [0.05, 0.1) is 0 Å². The standard InChI is InChI=1S/C18H26N2O/c1-15(2)8-10-19-11-9-18(21)20(13-12-19)14-17-7-5-4-6-16(17)3/h4-8H,9-14H2,1-3H3. The third-order valence-corrected chi connectivity index (χ3v) is 4.06. The lowest BCUT2D eigenvalue weighted by Gasteiger charge is -2.22. The second-order valence-corrected chi connectivity index (χ2v) is 6.07. The molecule has 0 saturated carbocycles. The maximum absolute atomic E-state index is 12.3. The van der Waals surface area contributed by atoms with Crippen LogP contribution >= 0.6 is 0 Å². The Balaban J connectivity index is 1.97. The van der Waals surface area contributed by atoms with E-state index in [1.165, 1.54) is 16.7 Å². The van der Waals surface area contributed by atoms with Gasteiger partial charge in [0.2, 0.25) is 5.91 Å². The summed E-state index contributed by atoms with van der Waals surface area (Å²) in [5.74, 6) is 0.276. The molecule has 0 unspecified atom stereocenters. The van der Waals surface area contributed by atoms with E-state index in [1.54, 1.807) is 0 Å². The van der Waals surface area contributed by atoms with Gasteiger partial charge in [0.25, 0.3) is 0 Å². The van der Waals surface area contributed by atoms with Crippen LogP contribution in [0.25, 0.3) is 0 Å². The molecule has 1 aromatic carbocycles. The summed E-state index contributed by atoms with van der Waals surface area (Å²) in [5, 5.41) is 0. The fraction of sp³-hybridized carbons (Fsp3) is 0.500. The molecule has 0 spiro atoms. The average molecular weight is 286 g/mol. The Morgan fingerprint density at radius 3 is 2.67 bits per heavy atom. The average Bonchev–Trinajstić information content (AvgIpc) is 2.62. The Morgan fingerprint density at radius 2 is 1.95 bits per heavy atom. The Kier molecular flexibility index (Phi) is 5.57. The van der Waals surface area contributed by atoms with E-state index in [0.29, 0.717) is 6.42 Å². The van der Waals surface area contributed by atoms with E-state index in [1.807, 2.05) is 17.0 Å². The molecular weight excluding hydrogens is 260 g/mol. The van der Waals surface area contributed by atoms with Gasteiger partial charge in [-0.15, -0.1) is 0 Å². The number of benzene rings is 1. The number of nitrogens with zero attached hydrogens (tertiary/aromatic N) is 2. The minimum absolute atomic E-state index is 0.276. The molecule has 0 bridgehead atoms. The number of allylic oxidation sites excluding steroid dienone is 1. The molecule has 1 heterocycles. The molecule has 1 aromatic rings. The number of carbonyl (C=O) groups is 1. The molecule has 1 aliphatic heterocycles. The van der Waals surface area contributed by atoms with Crippen LogP contribution in [-0.2, 0) is 11.3 Å². The first-order valence-electron chi connectivity index (χ1n) is 7.74. The third kappa shape index (κ3) is 4.71. The lowest BCUT2D eigenvalue weighted by molar-refractivity contribution is -0.130. The maximum Gasteiger partial charge on any atom is 0.224 e. The Labute approximate surface area is 128 Å². The SMILES string of the molecule is CC(C)=CCN1CCC(=O)N(Cc2ccccc2C)CC1. The second kappa shape index (κ2) is 7.41. The minimum atomic E-state index is 0.276. The van der Waals surface area contributed by atoms with E-state index in [-0.39, 0.29) is 5.91 Å². The van der Waals surface area contributed by atoms with Crippen molar-refractivity contribution in [1.82, 2.24) is 9.80 Å². The van der Waals surface area contributed by atoms with E-state index in [2.05, 4.69) is 43.9 Å². The quantitative estimate of drug-likeness (QED) is 0.794. The van der Waals surface area contributed by atoms with Crippen LogP contribution in [-0.4, -0.2) is 41.9 Å². The van der Waals surface area contributed by atoms with Gasteiger partial charge in [-0.25, -0.2) is 0 Å². The fourth-order valence-corrected chi connectivity index (χ4v) is 2.57. The zero-order chi connectivity index (χ0) is 15.2. The first kappa shape index (κ1) is 15.8. The van der Waals surface area contributed by atoms with E-state index < -0.39 is 0 Å². The minimum Gasteiger partial charge on any atom is -0.337 e. The molecule has 0 N–H and O–H groups in total. The molecule has 21 heavy (non-hydrogen) atoms. The molecule has 3 nitrogen and oxygen atoms in total. The van der Waals surface area contributed by atoms with Crippen molar-refractivity contribution in [1.29, 1.82) is 0 Å². The third-order valence-electron chi connectivity index (χ3n) is 4.06. The van der Waals surface area contributed by atoms with Crippen LogP contribution in [0.2, 0.25) is 0 Å². The predicted octanol–water partition coefficient (Wildman–Crippen LogP) is 3.00. The van der Waals surface area contributed by atoms with Crippen LogP contribution < -0.4 is 0 Å². The first-order valence-corrected chi connectivity index (χ1v) is 7.74. The van der Waals surface area contributed by atoms with E-state index in [0.717, 1.165) is 32.7 Å². The second-order valence-electron chi connectivity index (χ2n) is 6.07. The van der Waals surface area contributed by atoms with Gasteiger partial charge in [-0.2, -0.15) is 0 Å². The highest BCUT2D eigenvalue weighted by Gasteiger charge is 2.20. The van der Waals surface area contributed by atoms with Crippen molar-refractivity contribution in [2.45, 2.75) is 33.7 Å². The Morgan fingerprint density at radius 1 is 1.19 bits per heavy atom. The van der Waals surface area contributed by atoms with Crippen LogP contribution in [0.3, 0.4) is 0 Å². The summed E-state index contributed by atoms with van der Waals surface area (Å²) in [5.41, 5.74) is 3.85. The van der Waals surface area contributed by atoms with E-state index in [9.17, 15) is 4.79 Å². The molecule has 1 aliphatic rings. The summed E-state index contributed by atoms with van der Waals surface area (Å²) >= 11 is 0. The van der Waals surface area contributed by atoms with Gasteiger partial charge in [-0.05, 0) is 31.9 Å². The van der Waals surface area contributed by atoms with Crippen LogP contribution in [0.5, 0.6) is 0 Å². The monoisotopic (exact) mass is 286 g/mol. The zero-order valence-electron chi connectivity index (χ0n) is 13.4. The van der Waals surface area contributed by atoms with Crippen molar-refractivity contribution in [2.24, 2.45) is 0 Å². The van der Waals surface area contributed by atoms with Crippen LogP contribution in [0.15, 0.2) is 35.9 Å². The maximum atomic E-state index is 12.3. The molecule has 0 aliphatic carbocycles. The van der Waals surface area contributed by atoms with Gasteiger partial charge < -0.3 is 4.90 Å². The number of hydrogen-bond acceptors (Lipinski definition) is 2. The van der Waals surface area contributed by atoms with Crippen molar-refractivity contribution in [2.75, 3.05) is 26.2 Å². The molecule has 1 amide bonds. The molecule has 114 valence electrons. The van der Waals surface area contributed by atoms with Crippen molar-refractivity contribution in [3.8, 4) is 0 Å². The summed E-state index contributed by atoms with van der Waals surface area (Å²) in [6.45, 7) is 10.7. The van der Waals surface area contributed by atoms with Crippen molar-refractivity contribution < 1.29 is 4.79 Å². The zero-order valence-corrected chi connectivity index (χ0v) is 13.4. The van der Waals surface area contributed by atoms with Gasteiger partial charge in [0.1, 0.15) is 0 Å². The summed E-state index contributed by atoms with van der Waals surface area (Å²) < 4.78 is 0. The van der Waals surface area contributed by atoms with Gasteiger partial charge in [-0.3, -0.25) is 9.69 Å². The lowest BCUT2D eigenvalue weighted by Crippen LogP contribution is -2.33. The molecular formula is C18H26N2O. The number of aryl methyl sites for hydroxylation is 1. The normalized spacial score (nSPS) is 16.7. The van der Waals surface area contributed by atoms with Crippen LogP contribution in [0, 0.1) is 6.92 Å². The lowest BCUT2D eigenvalue weighted by atomic mass is 10.1. The number of hydrogen-bond donors (Lipinski definition) is 0. The van der Waals surface area contributed by atoms with Crippen LogP contribution in [0.1, 0.15) is 31.4 Å². The molecule has 0 atom stereocenters.